The number of carbonyl (C=O) groups excluding carboxylic acids is 1. The van der Waals surface area contributed by atoms with Crippen LogP contribution in [0.15, 0.2) is 22.7 Å². The highest BCUT2D eigenvalue weighted by molar-refractivity contribution is 9.10. The van der Waals surface area contributed by atoms with Crippen LogP contribution >= 0.6 is 15.9 Å². The maximum absolute atomic E-state index is 13.2. The van der Waals surface area contributed by atoms with Gasteiger partial charge in [0.25, 0.3) is 0 Å². The molecule has 0 saturated heterocycles. The van der Waals surface area contributed by atoms with Crippen molar-refractivity contribution in [2.75, 3.05) is 6.54 Å². The number of hydrogen-bond donors (Lipinski definition) is 2. The van der Waals surface area contributed by atoms with Gasteiger partial charge in [-0.1, -0.05) is 19.4 Å². The summed E-state index contributed by atoms with van der Waals surface area (Å²) in [6, 6.07) is 4.74. The number of rotatable bonds is 9. The summed E-state index contributed by atoms with van der Waals surface area (Å²) in [5.74, 6) is -1.35. The second kappa shape index (κ2) is 9.56. The minimum absolute atomic E-state index is 0.0429. The van der Waals surface area contributed by atoms with Crippen molar-refractivity contribution in [1.82, 2.24) is 5.32 Å². The van der Waals surface area contributed by atoms with Gasteiger partial charge < -0.3 is 10.4 Å². The lowest BCUT2D eigenvalue weighted by Gasteiger charge is -2.12. The van der Waals surface area contributed by atoms with E-state index in [-0.39, 0.29) is 24.1 Å². The Kier molecular flexibility index (Phi) is 8.09. The van der Waals surface area contributed by atoms with Crippen LogP contribution < -0.4 is 5.32 Å². The average Bonchev–Trinajstić information content (AvgIpc) is 2.46. The van der Waals surface area contributed by atoms with E-state index >= 15 is 0 Å². The van der Waals surface area contributed by atoms with Crippen LogP contribution in [0.3, 0.4) is 0 Å². The van der Waals surface area contributed by atoms with Gasteiger partial charge >= 0.3 is 5.97 Å². The molecule has 0 heterocycles. The fourth-order valence-corrected chi connectivity index (χ4v) is 2.50. The SMILES string of the molecule is CC(Cc1ccc(F)c(Br)c1)C(=O)NCCCCCC(=O)O. The zero-order chi connectivity index (χ0) is 16.5. The molecule has 1 unspecified atom stereocenters. The topological polar surface area (TPSA) is 66.4 Å². The number of aliphatic carboxylic acids is 1. The number of halogens is 2. The summed E-state index contributed by atoms with van der Waals surface area (Å²) >= 11 is 3.13. The highest BCUT2D eigenvalue weighted by atomic mass is 79.9. The Morgan fingerprint density at radius 1 is 1.32 bits per heavy atom. The molecule has 0 aliphatic carbocycles. The zero-order valence-corrected chi connectivity index (χ0v) is 14.2. The Labute approximate surface area is 138 Å². The van der Waals surface area contributed by atoms with Crippen LogP contribution in [0.2, 0.25) is 0 Å². The van der Waals surface area contributed by atoms with Crippen molar-refractivity contribution in [2.24, 2.45) is 5.92 Å². The van der Waals surface area contributed by atoms with Crippen molar-refractivity contribution in [3.63, 3.8) is 0 Å². The van der Waals surface area contributed by atoms with Crippen molar-refractivity contribution in [3.8, 4) is 0 Å². The van der Waals surface area contributed by atoms with Crippen LogP contribution in [0, 0.1) is 11.7 Å². The van der Waals surface area contributed by atoms with Gasteiger partial charge in [-0.05, 0) is 52.9 Å². The predicted octanol–water partition coefficient (Wildman–Crippen LogP) is 3.53. The molecule has 2 N–H and O–H groups in total. The van der Waals surface area contributed by atoms with Crippen LogP contribution in [0.5, 0.6) is 0 Å². The number of carboxylic acid groups (broad SMARTS) is 1. The third kappa shape index (κ3) is 7.02. The smallest absolute Gasteiger partial charge is 0.303 e. The number of carboxylic acids is 1. The molecule has 0 radical (unpaired) electrons. The van der Waals surface area contributed by atoms with E-state index < -0.39 is 5.97 Å². The van der Waals surface area contributed by atoms with E-state index in [0.29, 0.717) is 23.9 Å². The van der Waals surface area contributed by atoms with E-state index in [0.717, 1.165) is 18.4 Å². The first-order valence-electron chi connectivity index (χ1n) is 7.33. The third-order valence-electron chi connectivity index (χ3n) is 3.34. The minimum Gasteiger partial charge on any atom is -0.481 e. The highest BCUT2D eigenvalue weighted by Gasteiger charge is 2.13. The van der Waals surface area contributed by atoms with Crippen LogP contribution in [0.25, 0.3) is 0 Å². The first-order valence-corrected chi connectivity index (χ1v) is 8.13. The fraction of sp³-hybridized carbons (Fsp3) is 0.500. The van der Waals surface area contributed by atoms with Gasteiger partial charge in [-0.2, -0.15) is 0 Å². The van der Waals surface area contributed by atoms with Gasteiger partial charge in [0.1, 0.15) is 5.82 Å². The molecule has 0 spiro atoms. The number of nitrogens with one attached hydrogen (secondary N) is 1. The minimum atomic E-state index is -0.789. The monoisotopic (exact) mass is 373 g/mol. The van der Waals surface area contributed by atoms with Crippen molar-refractivity contribution in [1.29, 1.82) is 0 Å². The lowest BCUT2D eigenvalue weighted by atomic mass is 10.0. The third-order valence-corrected chi connectivity index (χ3v) is 3.95. The van der Waals surface area contributed by atoms with E-state index in [4.69, 9.17) is 5.11 Å². The molecule has 1 rings (SSSR count). The van der Waals surface area contributed by atoms with Gasteiger partial charge in [0, 0.05) is 18.9 Å². The predicted molar refractivity (Wildman–Crippen MR) is 86.1 cm³/mol. The summed E-state index contributed by atoms with van der Waals surface area (Å²) < 4.78 is 13.5. The van der Waals surface area contributed by atoms with Gasteiger partial charge in [0.2, 0.25) is 5.91 Å². The summed E-state index contributed by atoms with van der Waals surface area (Å²) in [7, 11) is 0. The molecule has 6 heteroatoms. The molecule has 0 aromatic heterocycles. The van der Waals surface area contributed by atoms with Crippen molar-refractivity contribution in [3.05, 3.63) is 34.1 Å². The molecule has 0 aliphatic heterocycles. The summed E-state index contributed by atoms with van der Waals surface area (Å²) in [6.45, 7) is 2.38. The maximum Gasteiger partial charge on any atom is 0.303 e. The van der Waals surface area contributed by atoms with E-state index in [1.807, 2.05) is 6.92 Å². The fourth-order valence-electron chi connectivity index (χ4n) is 2.08. The Bertz CT molecular complexity index is 522. The largest absolute Gasteiger partial charge is 0.481 e. The molecule has 122 valence electrons. The van der Waals surface area contributed by atoms with Gasteiger partial charge in [0.15, 0.2) is 0 Å². The molecule has 0 aliphatic rings. The van der Waals surface area contributed by atoms with Gasteiger partial charge in [-0.15, -0.1) is 0 Å². The Morgan fingerprint density at radius 2 is 2.05 bits per heavy atom. The normalized spacial score (nSPS) is 12.0. The van der Waals surface area contributed by atoms with Gasteiger partial charge in [-0.3, -0.25) is 9.59 Å². The summed E-state index contributed by atoms with van der Waals surface area (Å²) in [6.07, 6.45) is 2.90. The average molecular weight is 374 g/mol. The van der Waals surface area contributed by atoms with E-state index in [2.05, 4.69) is 21.2 Å². The van der Waals surface area contributed by atoms with E-state index in [1.54, 1.807) is 12.1 Å². The van der Waals surface area contributed by atoms with Gasteiger partial charge in [-0.25, -0.2) is 4.39 Å². The zero-order valence-electron chi connectivity index (χ0n) is 12.6. The first kappa shape index (κ1) is 18.6. The van der Waals surface area contributed by atoms with E-state index in [9.17, 15) is 14.0 Å². The molecule has 1 atom stereocenters. The standard InChI is InChI=1S/C16H21BrFNO3/c1-11(9-12-6-7-14(18)13(17)10-12)16(22)19-8-4-2-3-5-15(20)21/h6-7,10-11H,2-5,8-9H2,1H3,(H,19,22)(H,20,21). The van der Waals surface area contributed by atoms with E-state index in [1.165, 1.54) is 6.07 Å². The lowest BCUT2D eigenvalue weighted by Crippen LogP contribution is -2.31. The van der Waals surface area contributed by atoms with Crippen LogP contribution in [0.4, 0.5) is 4.39 Å². The number of amides is 1. The van der Waals surface area contributed by atoms with Crippen LogP contribution in [0.1, 0.15) is 38.2 Å². The molecular weight excluding hydrogens is 353 g/mol. The molecule has 1 amide bonds. The molecule has 4 nitrogen and oxygen atoms in total. The summed E-state index contributed by atoms with van der Waals surface area (Å²) in [5, 5.41) is 11.4. The van der Waals surface area contributed by atoms with Crippen molar-refractivity contribution in [2.45, 2.75) is 39.0 Å². The molecule has 22 heavy (non-hydrogen) atoms. The molecule has 1 aromatic carbocycles. The van der Waals surface area contributed by atoms with Gasteiger partial charge in [0.05, 0.1) is 4.47 Å². The Hall–Kier alpha value is -1.43. The molecule has 0 bridgehead atoms. The number of carbonyl (C=O) groups is 2. The maximum atomic E-state index is 13.2. The highest BCUT2D eigenvalue weighted by Crippen LogP contribution is 2.19. The number of unbranched alkanes of at least 4 members (excludes halogenated alkanes) is 2. The quantitative estimate of drug-likeness (QED) is 0.650. The molecular formula is C16H21BrFNO3. The molecule has 0 saturated carbocycles. The molecule has 1 aromatic rings. The van der Waals surface area contributed by atoms with Crippen molar-refractivity contribution < 1.29 is 19.1 Å². The second-order valence-corrected chi connectivity index (χ2v) is 6.20. The Balaban J connectivity index is 2.27. The first-order chi connectivity index (χ1) is 10.4. The summed E-state index contributed by atoms with van der Waals surface area (Å²) in [4.78, 5) is 22.3. The summed E-state index contributed by atoms with van der Waals surface area (Å²) in [5.41, 5.74) is 0.900. The van der Waals surface area contributed by atoms with Crippen LogP contribution in [-0.4, -0.2) is 23.5 Å². The number of benzene rings is 1. The second-order valence-electron chi connectivity index (χ2n) is 5.35. The molecule has 0 fully saturated rings. The Morgan fingerprint density at radius 3 is 2.68 bits per heavy atom. The van der Waals surface area contributed by atoms with Crippen LogP contribution in [-0.2, 0) is 16.0 Å². The lowest BCUT2D eigenvalue weighted by molar-refractivity contribution is -0.137. The number of hydrogen-bond acceptors (Lipinski definition) is 2. The van der Waals surface area contributed by atoms with Crippen molar-refractivity contribution >= 4 is 27.8 Å².